The average molecular weight is 224 g/mol. The number of rotatable bonds is 7. The first kappa shape index (κ1) is 14.2. The number of nitrogens with one attached hydrogen (secondary N) is 2. The quantitative estimate of drug-likeness (QED) is 0.249. The van der Waals surface area contributed by atoms with Crippen molar-refractivity contribution in [2.75, 3.05) is 20.1 Å². The molecule has 16 heavy (non-hydrogen) atoms. The van der Waals surface area contributed by atoms with E-state index in [9.17, 15) is 4.79 Å². The molecule has 0 aromatic carbocycles. The second-order valence-corrected chi connectivity index (χ2v) is 3.06. The van der Waals surface area contributed by atoms with Gasteiger partial charge in [0.05, 0.1) is 6.54 Å². The van der Waals surface area contributed by atoms with Crippen molar-refractivity contribution < 1.29 is 4.79 Å². The summed E-state index contributed by atoms with van der Waals surface area (Å²) in [6, 6.07) is 0. The summed E-state index contributed by atoms with van der Waals surface area (Å²) in [5, 5.41) is 5.62. The van der Waals surface area contributed by atoms with Crippen molar-refractivity contribution in [1.82, 2.24) is 10.6 Å². The lowest BCUT2D eigenvalue weighted by molar-refractivity contribution is -0.120. The summed E-state index contributed by atoms with van der Waals surface area (Å²) in [7, 11) is 1.78. The average Bonchev–Trinajstić information content (AvgIpc) is 2.31. The van der Waals surface area contributed by atoms with Gasteiger partial charge in [-0.2, -0.15) is 0 Å². The van der Waals surface area contributed by atoms with E-state index in [2.05, 4.69) is 22.2 Å². The number of allylic oxidation sites excluding steroid dienone is 1. The third-order valence-electron chi connectivity index (χ3n) is 1.86. The van der Waals surface area contributed by atoms with Gasteiger partial charge < -0.3 is 16.4 Å². The molecule has 0 fully saturated rings. The van der Waals surface area contributed by atoms with Crippen molar-refractivity contribution in [2.45, 2.75) is 13.3 Å². The molecule has 0 rings (SSSR count). The standard InChI is InChI=1S/C11H20N4O/c1-4-9(13-3)8-10(12)14-6-7-15-11(16)5-2/h4,8,13H,1,5-7H2,2-3H3,(H2,12,14)(H,15,16)/b9-8+. The zero-order valence-electron chi connectivity index (χ0n) is 9.92. The van der Waals surface area contributed by atoms with Crippen LogP contribution < -0.4 is 16.4 Å². The SMILES string of the molecule is C=C/C(=C\C(N)=NCCNC(=O)CC)NC. The molecule has 0 bridgehead atoms. The molecule has 0 heterocycles. The summed E-state index contributed by atoms with van der Waals surface area (Å²) in [5.74, 6) is 0.432. The summed E-state index contributed by atoms with van der Waals surface area (Å²) in [4.78, 5) is 15.0. The van der Waals surface area contributed by atoms with Gasteiger partial charge in [0.1, 0.15) is 5.84 Å². The third-order valence-corrected chi connectivity index (χ3v) is 1.86. The maximum absolute atomic E-state index is 10.9. The molecule has 0 aromatic heterocycles. The normalized spacial score (nSPS) is 12.1. The van der Waals surface area contributed by atoms with E-state index in [0.29, 0.717) is 25.3 Å². The number of aliphatic imine (C=N–C) groups is 1. The molecule has 0 unspecified atom stereocenters. The second kappa shape index (κ2) is 8.52. The number of nitrogens with two attached hydrogens (primary N) is 1. The van der Waals surface area contributed by atoms with Crippen molar-refractivity contribution in [3.63, 3.8) is 0 Å². The van der Waals surface area contributed by atoms with Gasteiger partial charge in [0.15, 0.2) is 0 Å². The molecule has 0 aliphatic carbocycles. The number of carbonyl (C=O) groups excluding carboxylic acids is 1. The van der Waals surface area contributed by atoms with E-state index in [0.717, 1.165) is 5.70 Å². The Balaban J connectivity index is 4.00. The first-order valence-corrected chi connectivity index (χ1v) is 5.22. The second-order valence-electron chi connectivity index (χ2n) is 3.06. The third kappa shape index (κ3) is 6.64. The Kier molecular flexibility index (Phi) is 7.57. The van der Waals surface area contributed by atoms with Crippen molar-refractivity contribution in [2.24, 2.45) is 10.7 Å². The van der Waals surface area contributed by atoms with Gasteiger partial charge in [-0.3, -0.25) is 9.79 Å². The van der Waals surface area contributed by atoms with Gasteiger partial charge in [-0.1, -0.05) is 13.5 Å². The highest BCUT2D eigenvalue weighted by molar-refractivity contribution is 5.92. The molecule has 0 atom stereocenters. The summed E-state index contributed by atoms with van der Waals surface area (Å²) >= 11 is 0. The summed E-state index contributed by atoms with van der Waals surface area (Å²) < 4.78 is 0. The molecule has 4 N–H and O–H groups in total. The van der Waals surface area contributed by atoms with Gasteiger partial charge in [-0.05, 0) is 6.08 Å². The molecular weight excluding hydrogens is 204 g/mol. The topological polar surface area (TPSA) is 79.5 Å². The number of amidine groups is 1. The Hall–Kier alpha value is -1.78. The van der Waals surface area contributed by atoms with Crippen LogP contribution in [0.3, 0.4) is 0 Å². The van der Waals surface area contributed by atoms with Gasteiger partial charge in [0, 0.05) is 31.8 Å². The van der Waals surface area contributed by atoms with Gasteiger partial charge in [-0.15, -0.1) is 0 Å². The molecule has 90 valence electrons. The lowest BCUT2D eigenvalue weighted by atomic mass is 10.3. The predicted octanol–water partition coefficient (Wildman–Crippen LogP) is 0.159. The summed E-state index contributed by atoms with van der Waals surface area (Å²) in [6.45, 7) is 6.40. The monoisotopic (exact) mass is 224 g/mol. The summed E-state index contributed by atoms with van der Waals surface area (Å²) in [6.07, 6.45) is 3.83. The maximum atomic E-state index is 10.9. The highest BCUT2D eigenvalue weighted by Crippen LogP contribution is 1.88. The zero-order valence-corrected chi connectivity index (χ0v) is 9.92. The van der Waals surface area contributed by atoms with Gasteiger partial charge in [0.2, 0.25) is 5.91 Å². The van der Waals surface area contributed by atoms with Crippen molar-refractivity contribution >= 4 is 11.7 Å². The molecule has 0 aliphatic rings. The fourth-order valence-corrected chi connectivity index (χ4v) is 0.943. The highest BCUT2D eigenvalue weighted by atomic mass is 16.1. The molecule has 5 heteroatoms. The number of likely N-dealkylation sites (N-methyl/N-ethyl adjacent to an activating group) is 1. The van der Waals surface area contributed by atoms with E-state index in [1.807, 2.05) is 0 Å². The van der Waals surface area contributed by atoms with Crippen LogP contribution in [-0.4, -0.2) is 31.9 Å². The van der Waals surface area contributed by atoms with Crippen molar-refractivity contribution in [1.29, 1.82) is 0 Å². The molecule has 0 saturated carbocycles. The predicted molar refractivity (Wildman–Crippen MR) is 67.1 cm³/mol. The van der Waals surface area contributed by atoms with E-state index >= 15 is 0 Å². The van der Waals surface area contributed by atoms with Crippen LogP contribution in [-0.2, 0) is 4.79 Å². The Morgan fingerprint density at radius 3 is 2.75 bits per heavy atom. The molecule has 5 nitrogen and oxygen atoms in total. The lowest BCUT2D eigenvalue weighted by Crippen LogP contribution is -2.25. The fraction of sp³-hybridized carbons (Fsp3) is 0.455. The number of hydrogen-bond acceptors (Lipinski definition) is 3. The summed E-state index contributed by atoms with van der Waals surface area (Å²) in [5.41, 5.74) is 6.45. The molecule has 0 radical (unpaired) electrons. The van der Waals surface area contributed by atoms with E-state index in [4.69, 9.17) is 5.73 Å². The smallest absolute Gasteiger partial charge is 0.219 e. The fourth-order valence-electron chi connectivity index (χ4n) is 0.943. The first-order chi connectivity index (χ1) is 7.63. The van der Waals surface area contributed by atoms with Crippen LogP contribution in [0.5, 0.6) is 0 Å². The Morgan fingerprint density at radius 2 is 2.25 bits per heavy atom. The van der Waals surface area contributed by atoms with Gasteiger partial charge >= 0.3 is 0 Å². The Labute approximate surface area is 96.5 Å². The Bertz CT molecular complexity index is 294. The van der Waals surface area contributed by atoms with Crippen molar-refractivity contribution in [3.05, 3.63) is 24.4 Å². The lowest BCUT2D eigenvalue weighted by Gasteiger charge is -2.02. The largest absolute Gasteiger partial charge is 0.388 e. The van der Waals surface area contributed by atoms with Crippen LogP contribution in [0.15, 0.2) is 29.4 Å². The van der Waals surface area contributed by atoms with Gasteiger partial charge in [0.25, 0.3) is 0 Å². The van der Waals surface area contributed by atoms with E-state index in [1.54, 1.807) is 26.1 Å². The minimum Gasteiger partial charge on any atom is -0.388 e. The van der Waals surface area contributed by atoms with Crippen LogP contribution in [0.25, 0.3) is 0 Å². The van der Waals surface area contributed by atoms with Crippen molar-refractivity contribution in [3.8, 4) is 0 Å². The minimum atomic E-state index is 0.0197. The number of carbonyl (C=O) groups is 1. The molecule has 0 aliphatic heterocycles. The minimum absolute atomic E-state index is 0.0197. The maximum Gasteiger partial charge on any atom is 0.219 e. The van der Waals surface area contributed by atoms with Crippen LogP contribution in [0.1, 0.15) is 13.3 Å². The first-order valence-electron chi connectivity index (χ1n) is 5.22. The molecule has 0 saturated heterocycles. The molecule has 1 amide bonds. The van der Waals surface area contributed by atoms with Crippen LogP contribution in [0, 0.1) is 0 Å². The number of amides is 1. The number of nitrogens with zero attached hydrogens (tertiary/aromatic N) is 1. The van der Waals surface area contributed by atoms with E-state index < -0.39 is 0 Å². The van der Waals surface area contributed by atoms with E-state index in [-0.39, 0.29) is 5.91 Å². The van der Waals surface area contributed by atoms with Gasteiger partial charge in [-0.25, -0.2) is 0 Å². The zero-order chi connectivity index (χ0) is 12.4. The molecule has 0 spiro atoms. The molecular formula is C11H20N4O. The highest BCUT2D eigenvalue weighted by Gasteiger charge is 1.94. The molecule has 0 aromatic rings. The van der Waals surface area contributed by atoms with E-state index in [1.165, 1.54) is 0 Å². The Morgan fingerprint density at radius 1 is 1.56 bits per heavy atom. The van der Waals surface area contributed by atoms with Crippen LogP contribution in [0.2, 0.25) is 0 Å². The van der Waals surface area contributed by atoms with Crippen LogP contribution in [0.4, 0.5) is 0 Å². The number of hydrogen-bond donors (Lipinski definition) is 3. The van der Waals surface area contributed by atoms with Crippen LogP contribution >= 0.6 is 0 Å².